The van der Waals surface area contributed by atoms with Gasteiger partial charge in [-0.3, -0.25) is 9.59 Å². The second kappa shape index (κ2) is 30.8. The molecule has 0 spiro atoms. The van der Waals surface area contributed by atoms with E-state index >= 15 is 0 Å². The van der Waals surface area contributed by atoms with Crippen molar-refractivity contribution in [3.63, 3.8) is 0 Å². The summed E-state index contributed by atoms with van der Waals surface area (Å²) in [5, 5.41) is 0. The fourth-order valence-electron chi connectivity index (χ4n) is 4.85. The summed E-state index contributed by atoms with van der Waals surface area (Å²) in [5.74, 6) is -0.0235. The number of unbranched alkanes of at least 4 members (excludes halogenated alkanes) is 22. The van der Waals surface area contributed by atoms with Crippen molar-refractivity contribution in [3.05, 3.63) is 0 Å². The van der Waals surface area contributed by atoms with E-state index in [2.05, 4.69) is 26.5 Å². The lowest BCUT2D eigenvalue weighted by molar-refractivity contribution is -0.157. The molecular weight excluding hydrogens is 492 g/mol. The molecule has 0 aromatic heterocycles. The first-order chi connectivity index (χ1) is 18.6. The Kier molecular flexibility index (Phi) is 30.3. The summed E-state index contributed by atoms with van der Waals surface area (Å²) in [6.07, 6.45) is 31.0. The van der Waals surface area contributed by atoms with Gasteiger partial charge in [-0.15, -0.1) is 0 Å². The van der Waals surface area contributed by atoms with E-state index in [4.69, 9.17) is 9.47 Å². The number of carbonyl (C=O) groups excluding carboxylic acids is 2. The summed E-state index contributed by atoms with van der Waals surface area (Å²) in [7, 11) is 0. The number of thiol groups is 1. The summed E-state index contributed by atoms with van der Waals surface area (Å²) in [4.78, 5) is 24.2. The molecule has 0 aromatic carbocycles. The highest BCUT2D eigenvalue weighted by Gasteiger charge is 2.15. The molecule has 0 unspecified atom stereocenters. The predicted molar refractivity (Wildman–Crippen MR) is 166 cm³/mol. The molecular formula is C33H64O4S. The highest BCUT2D eigenvalue weighted by atomic mass is 32.1. The van der Waals surface area contributed by atoms with E-state index in [1.807, 2.05) is 0 Å². The van der Waals surface area contributed by atoms with Crippen molar-refractivity contribution in [2.75, 3.05) is 12.4 Å². The number of hydrogen-bond donors (Lipinski definition) is 1. The van der Waals surface area contributed by atoms with Crippen LogP contribution in [0.5, 0.6) is 0 Å². The molecule has 0 radical (unpaired) electrons. The van der Waals surface area contributed by atoms with Gasteiger partial charge in [-0.05, 0) is 12.8 Å². The molecule has 0 heterocycles. The zero-order chi connectivity index (χ0) is 27.9. The Morgan fingerprint density at radius 1 is 0.500 bits per heavy atom. The molecule has 0 aliphatic heterocycles. The van der Waals surface area contributed by atoms with E-state index in [1.165, 1.54) is 128 Å². The fourth-order valence-corrected chi connectivity index (χ4v) is 5.03. The van der Waals surface area contributed by atoms with Crippen LogP contribution in [0.25, 0.3) is 0 Å². The van der Waals surface area contributed by atoms with Gasteiger partial charge in [0, 0.05) is 18.6 Å². The lowest BCUT2D eigenvalue weighted by Gasteiger charge is -2.16. The van der Waals surface area contributed by atoms with Crippen molar-refractivity contribution in [3.8, 4) is 0 Å². The molecule has 4 nitrogen and oxygen atoms in total. The van der Waals surface area contributed by atoms with Crippen LogP contribution in [0.3, 0.4) is 0 Å². The van der Waals surface area contributed by atoms with Gasteiger partial charge in [0.15, 0.2) is 0 Å². The second-order valence-electron chi connectivity index (χ2n) is 11.3. The van der Waals surface area contributed by atoms with Crippen LogP contribution in [0, 0.1) is 0 Å². The lowest BCUT2D eigenvalue weighted by atomic mass is 10.0. The maximum atomic E-state index is 12.1. The van der Waals surface area contributed by atoms with Crippen molar-refractivity contribution in [2.45, 2.75) is 187 Å². The fraction of sp³-hybridized carbons (Fsp3) is 0.939. The van der Waals surface area contributed by atoms with Gasteiger partial charge >= 0.3 is 11.9 Å². The van der Waals surface area contributed by atoms with E-state index in [0.29, 0.717) is 18.6 Å². The quantitative estimate of drug-likeness (QED) is 0.0543. The smallest absolute Gasteiger partial charge is 0.306 e. The van der Waals surface area contributed by atoms with Gasteiger partial charge in [-0.25, -0.2) is 0 Å². The molecule has 0 rings (SSSR count). The van der Waals surface area contributed by atoms with Gasteiger partial charge in [0.1, 0.15) is 12.7 Å². The third-order valence-electron chi connectivity index (χ3n) is 7.40. The highest BCUT2D eigenvalue weighted by Crippen LogP contribution is 2.14. The van der Waals surface area contributed by atoms with E-state index in [9.17, 15) is 9.59 Å². The average Bonchev–Trinajstić information content (AvgIpc) is 2.92. The second-order valence-corrected chi connectivity index (χ2v) is 11.6. The molecule has 226 valence electrons. The third kappa shape index (κ3) is 28.3. The first-order valence-electron chi connectivity index (χ1n) is 16.6. The molecule has 0 aromatic rings. The van der Waals surface area contributed by atoms with Crippen LogP contribution in [0.4, 0.5) is 0 Å². The monoisotopic (exact) mass is 556 g/mol. The molecule has 0 aliphatic carbocycles. The highest BCUT2D eigenvalue weighted by molar-refractivity contribution is 7.80. The Morgan fingerprint density at radius 2 is 0.816 bits per heavy atom. The predicted octanol–water partition coefficient (Wildman–Crippen LogP) is 10.6. The zero-order valence-corrected chi connectivity index (χ0v) is 26.4. The van der Waals surface area contributed by atoms with Crippen LogP contribution in [0.1, 0.15) is 181 Å². The summed E-state index contributed by atoms with van der Waals surface area (Å²) in [6, 6.07) is 0. The van der Waals surface area contributed by atoms with Crippen molar-refractivity contribution < 1.29 is 19.1 Å². The Balaban J connectivity index is 3.54. The van der Waals surface area contributed by atoms with E-state index < -0.39 is 6.10 Å². The third-order valence-corrected chi connectivity index (χ3v) is 7.81. The van der Waals surface area contributed by atoms with E-state index in [-0.39, 0.29) is 18.5 Å². The van der Waals surface area contributed by atoms with Gasteiger partial charge in [-0.1, -0.05) is 155 Å². The largest absolute Gasteiger partial charge is 0.462 e. The standard InChI is InChI=1S/C33H64O4S/c1-3-5-7-9-11-13-15-16-18-20-22-24-26-28-33(35)37-31(30-38)29-36-32(34)27-25-23-21-19-17-14-12-10-8-6-4-2/h31,38H,3-30H2,1-2H3/t31-/m0/s1. The molecule has 0 bridgehead atoms. The van der Waals surface area contributed by atoms with Gasteiger partial charge in [0.25, 0.3) is 0 Å². The number of hydrogen-bond acceptors (Lipinski definition) is 5. The lowest BCUT2D eigenvalue weighted by Crippen LogP contribution is -2.26. The molecule has 0 amide bonds. The zero-order valence-electron chi connectivity index (χ0n) is 25.5. The molecule has 0 aliphatic rings. The molecule has 0 N–H and O–H groups in total. The SMILES string of the molecule is CCCCCCCCCCCCCCCC(=O)O[C@H](CS)COC(=O)CCCCCCCCCCCCC. The van der Waals surface area contributed by atoms with E-state index in [1.54, 1.807) is 0 Å². The van der Waals surface area contributed by atoms with Crippen LogP contribution in [0.15, 0.2) is 0 Å². The first-order valence-corrected chi connectivity index (χ1v) is 17.2. The van der Waals surface area contributed by atoms with Crippen molar-refractivity contribution in [2.24, 2.45) is 0 Å². The Labute approximate surface area is 242 Å². The topological polar surface area (TPSA) is 52.6 Å². The van der Waals surface area contributed by atoms with Gasteiger partial charge in [0.2, 0.25) is 0 Å². The molecule has 0 saturated heterocycles. The van der Waals surface area contributed by atoms with Gasteiger partial charge in [0.05, 0.1) is 0 Å². The summed E-state index contributed by atoms with van der Waals surface area (Å²) in [5.41, 5.74) is 0. The number of carbonyl (C=O) groups is 2. The summed E-state index contributed by atoms with van der Waals surface area (Å²) >= 11 is 4.27. The Hall–Kier alpha value is -0.710. The number of rotatable bonds is 30. The Morgan fingerprint density at radius 3 is 1.16 bits per heavy atom. The minimum Gasteiger partial charge on any atom is -0.462 e. The molecule has 0 saturated carbocycles. The summed E-state index contributed by atoms with van der Waals surface area (Å²) in [6.45, 7) is 4.64. The van der Waals surface area contributed by atoms with E-state index in [0.717, 1.165) is 25.7 Å². The van der Waals surface area contributed by atoms with Crippen LogP contribution in [-0.2, 0) is 19.1 Å². The normalized spacial score (nSPS) is 12.0. The van der Waals surface area contributed by atoms with Crippen LogP contribution >= 0.6 is 12.6 Å². The van der Waals surface area contributed by atoms with Crippen molar-refractivity contribution in [1.29, 1.82) is 0 Å². The minimum atomic E-state index is -0.450. The molecule has 0 fully saturated rings. The molecule has 5 heteroatoms. The number of ether oxygens (including phenoxy) is 2. The molecule has 1 atom stereocenters. The van der Waals surface area contributed by atoms with Gasteiger partial charge < -0.3 is 9.47 Å². The maximum absolute atomic E-state index is 12.1. The minimum absolute atomic E-state index is 0.116. The molecule has 38 heavy (non-hydrogen) atoms. The van der Waals surface area contributed by atoms with Crippen LogP contribution in [0.2, 0.25) is 0 Å². The Bertz CT molecular complexity index is 511. The first kappa shape index (κ1) is 37.3. The summed E-state index contributed by atoms with van der Waals surface area (Å²) < 4.78 is 10.8. The average molecular weight is 557 g/mol. The maximum Gasteiger partial charge on any atom is 0.306 e. The van der Waals surface area contributed by atoms with Crippen LogP contribution < -0.4 is 0 Å². The van der Waals surface area contributed by atoms with Gasteiger partial charge in [-0.2, -0.15) is 12.6 Å². The number of esters is 2. The van der Waals surface area contributed by atoms with Crippen molar-refractivity contribution in [1.82, 2.24) is 0 Å². The van der Waals surface area contributed by atoms with Crippen molar-refractivity contribution >= 4 is 24.6 Å². The van der Waals surface area contributed by atoms with Crippen LogP contribution in [-0.4, -0.2) is 30.4 Å².